The highest BCUT2D eigenvalue weighted by atomic mass is 16.6. The van der Waals surface area contributed by atoms with Crippen molar-refractivity contribution in [3.05, 3.63) is 77.9 Å². The molecular formula is C23H20N2O4. The van der Waals surface area contributed by atoms with Gasteiger partial charge in [0, 0.05) is 16.9 Å². The summed E-state index contributed by atoms with van der Waals surface area (Å²) in [7, 11) is 1.60. The number of anilines is 2. The molecule has 2 heterocycles. The molecule has 3 aromatic carbocycles. The van der Waals surface area contributed by atoms with E-state index in [-0.39, 0.29) is 5.91 Å². The van der Waals surface area contributed by atoms with Crippen LogP contribution in [0.2, 0.25) is 0 Å². The van der Waals surface area contributed by atoms with E-state index in [0.717, 1.165) is 16.9 Å². The molecule has 0 spiro atoms. The zero-order chi connectivity index (χ0) is 19.8. The van der Waals surface area contributed by atoms with Gasteiger partial charge < -0.3 is 19.5 Å². The van der Waals surface area contributed by atoms with Crippen LogP contribution in [-0.4, -0.2) is 26.2 Å². The molecule has 0 aliphatic carbocycles. The number of benzene rings is 3. The quantitative estimate of drug-likeness (QED) is 0.727. The van der Waals surface area contributed by atoms with Crippen molar-refractivity contribution in [2.24, 2.45) is 0 Å². The number of carbonyl (C=O) groups excluding carboxylic acids is 1. The van der Waals surface area contributed by atoms with Crippen LogP contribution in [0.4, 0.5) is 11.4 Å². The second-order valence-corrected chi connectivity index (χ2v) is 6.85. The van der Waals surface area contributed by atoms with E-state index >= 15 is 0 Å². The Bertz CT molecular complexity index is 1050. The fraction of sp³-hybridized carbons (Fsp3) is 0.174. The maximum Gasteiger partial charge on any atom is 0.262 e. The van der Waals surface area contributed by atoms with Gasteiger partial charge in [-0.1, -0.05) is 30.3 Å². The van der Waals surface area contributed by atoms with Crippen LogP contribution in [0.25, 0.3) is 0 Å². The van der Waals surface area contributed by atoms with Gasteiger partial charge in [-0.2, -0.15) is 0 Å². The molecule has 0 saturated heterocycles. The smallest absolute Gasteiger partial charge is 0.262 e. The van der Waals surface area contributed by atoms with Crippen molar-refractivity contribution in [2.75, 3.05) is 30.5 Å². The lowest BCUT2D eigenvalue weighted by molar-refractivity contribution is 0.0974. The molecular weight excluding hydrogens is 368 g/mol. The van der Waals surface area contributed by atoms with E-state index in [1.54, 1.807) is 12.0 Å². The van der Waals surface area contributed by atoms with E-state index < -0.39 is 6.17 Å². The molecule has 0 bridgehead atoms. The second kappa shape index (κ2) is 7.05. The van der Waals surface area contributed by atoms with Crippen molar-refractivity contribution in [1.29, 1.82) is 0 Å². The van der Waals surface area contributed by atoms with Crippen LogP contribution >= 0.6 is 0 Å². The third-order valence-corrected chi connectivity index (χ3v) is 5.13. The molecule has 0 saturated carbocycles. The largest absolute Gasteiger partial charge is 0.493 e. The van der Waals surface area contributed by atoms with Crippen LogP contribution in [0.15, 0.2) is 66.7 Å². The normalized spacial score (nSPS) is 17.3. The Hall–Kier alpha value is -3.67. The van der Waals surface area contributed by atoms with E-state index in [9.17, 15) is 4.79 Å². The first-order chi connectivity index (χ1) is 14.3. The molecule has 2 aliphatic heterocycles. The SMILES string of the molecule is COc1cc([C@@H]2Nc3ccccc3C(=O)N2c2ccccc2)cc2c1OCCO2. The van der Waals surface area contributed by atoms with E-state index in [1.165, 1.54) is 0 Å². The highest BCUT2D eigenvalue weighted by molar-refractivity contribution is 6.12. The lowest BCUT2D eigenvalue weighted by Gasteiger charge is -2.38. The minimum atomic E-state index is -0.426. The molecule has 29 heavy (non-hydrogen) atoms. The fourth-order valence-electron chi connectivity index (χ4n) is 3.79. The molecule has 2 aliphatic rings. The van der Waals surface area contributed by atoms with Crippen LogP contribution in [0.1, 0.15) is 22.1 Å². The fourth-order valence-corrected chi connectivity index (χ4v) is 3.79. The zero-order valence-corrected chi connectivity index (χ0v) is 15.9. The number of hydrogen-bond donors (Lipinski definition) is 1. The maximum absolute atomic E-state index is 13.4. The summed E-state index contributed by atoms with van der Waals surface area (Å²) in [4.78, 5) is 15.2. The molecule has 0 aromatic heterocycles. The molecule has 1 atom stereocenters. The number of ether oxygens (including phenoxy) is 3. The Balaban J connectivity index is 1.67. The number of amides is 1. The van der Waals surface area contributed by atoms with Gasteiger partial charge in [-0.15, -0.1) is 0 Å². The molecule has 146 valence electrons. The lowest BCUT2D eigenvalue weighted by Crippen LogP contribution is -2.43. The van der Waals surface area contributed by atoms with E-state index in [0.29, 0.717) is 36.0 Å². The highest BCUT2D eigenvalue weighted by Crippen LogP contribution is 2.44. The Labute approximate surface area is 168 Å². The van der Waals surface area contributed by atoms with Crippen molar-refractivity contribution in [3.8, 4) is 17.2 Å². The minimum Gasteiger partial charge on any atom is -0.493 e. The first-order valence-electron chi connectivity index (χ1n) is 9.48. The number of fused-ring (bicyclic) bond motifs is 2. The van der Waals surface area contributed by atoms with Crippen molar-refractivity contribution >= 4 is 17.3 Å². The molecule has 6 heteroatoms. The van der Waals surface area contributed by atoms with Gasteiger partial charge in [-0.25, -0.2) is 0 Å². The summed E-state index contributed by atoms with van der Waals surface area (Å²) in [5, 5.41) is 3.50. The average Bonchev–Trinajstić information content (AvgIpc) is 2.79. The number of nitrogens with zero attached hydrogens (tertiary/aromatic N) is 1. The molecule has 0 fully saturated rings. The number of nitrogens with one attached hydrogen (secondary N) is 1. The summed E-state index contributed by atoms with van der Waals surface area (Å²) >= 11 is 0. The first kappa shape index (κ1) is 17.4. The highest BCUT2D eigenvalue weighted by Gasteiger charge is 2.35. The molecule has 1 N–H and O–H groups in total. The van der Waals surface area contributed by atoms with E-state index in [2.05, 4.69) is 5.32 Å². The van der Waals surface area contributed by atoms with Gasteiger partial charge in [0.25, 0.3) is 5.91 Å². The van der Waals surface area contributed by atoms with Gasteiger partial charge in [-0.05, 0) is 36.4 Å². The number of carbonyl (C=O) groups is 1. The van der Waals surface area contributed by atoms with Crippen LogP contribution in [-0.2, 0) is 0 Å². The summed E-state index contributed by atoms with van der Waals surface area (Å²) in [5.41, 5.74) is 3.08. The number of para-hydroxylation sites is 2. The zero-order valence-electron chi connectivity index (χ0n) is 15.9. The summed E-state index contributed by atoms with van der Waals surface area (Å²) in [6.45, 7) is 0.953. The third-order valence-electron chi connectivity index (χ3n) is 5.13. The monoisotopic (exact) mass is 388 g/mol. The van der Waals surface area contributed by atoms with Gasteiger partial charge in [0.15, 0.2) is 11.5 Å². The summed E-state index contributed by atoms with van der Waals surface area (Å²) < 4.78 is 17.1. The van der Waals surface area contributed by atoms with Gasteiger partial charge in [-0.3, -0.25) is 9.69 Å². The molecule has 6 nitrogen and oxygen atoms in total. The van der Waals surface area contributed by atoms with Crippen molar-refractivity contribution < 1.29 is 19.0 Å². The van der Waals surface area contributed by atoms with Gasteiger partial charge in [0.1, 0.15) is 19.4 Å². The van der Waals surface area contributed by atoms with E-state index in [4.69, 9.17) is 14.2 Å². The molecule has 5 rings (SSSR count). The van der Waals surface area contributed by atoms with Crippen molar-refractivity contribution in [3.63, 3.8) is 0 Å². The van der Waals surface area contributed by atoms with Crippen LogP contribution in [0, 0.1) is 0 Å². The van der Waals surface area contributed by atoms with Gasteiger partial charge in [0.05, 0.1) is 12.7 Å². The number of rotatable bonds is 3. The van der Waals surface area contributed by atoms with Crippen LogP contribution in [0.3, 0.4) is 0 Å². The summed E-state index contributed by atoms with van der Waals surface area (Å²) in [5.74, 6) is 1.73. The third kappa shape index (κ3) is 2.93. The Morgan fingerprint density at radius 2 is 1.76 bits per heavy atom. The average molecular weight is 388 g/mol. The Kier molecular flexibility index (Phi) is 4.24. The van der Waals surface area contributed by atoms with Crippen LogP contribution in [0.5, 0.6) is 17.2 Å². The standard InChI is InChI=1S/C23H20N2O4/c1-27-19-13-15(14-20-21(19)29-12-11-28-20)22-24-18-10-6-5-9-17(18)23(26)25(22)16-7-3-2-4-8-16/h2-10,13-14,22,24H,11-12H2,1H3/t22-/m1/s1. The second-order valence-electron chi connectivity index (χ2n) is 6.85. The first-order valence-corrected chi connectivity index (χ1v) is 9.48. The summed E-state index contributed by atoms with van der Waals surface area (Å²) in [6, 6.07) is 21.0. The predicted octanol–water partition coefficient (Wildman–Crippen LogP) is 4.24. The number of methoxy groups -OCH3 is 1. The Morgan fingerprint density at radius 1 is 1.00 bits per heavy atom. The van der Waals surface area contributed by atoms with Gasteiger partial charge >= 0.3 is 0 Å². The van der Waals surface area contributed by atoms with E-state index in [1.807, 2.05) is 66.7 Å². The maximum atomic E-state index is 13.4. The molecule has 3 aromatic rings. The topological polar surface area (TPSA) is 60.0 Å². The predicted molar refractivity (Wildman–Crippen MR) is 110 cm³/mol. The lowest BCUT2D eigenvalue weighted by atomic mass is 10.0. The van der Waals surface area contributed by atoms with Crippen LogP contribution < -0.4 is 24.4 Å². The van der Waals surface area contributed by atoms with Crippen molar-refractivity contribution in [1.82, 2.24) is 0 Å². The molecule has 0 unspecified atom stereocenters. The Morgan fingerprint density at radius 3 is 2.59 bits per heavy atom. The minimum absolute atomic E-state index is 0.0654. The molecule has 1 amide bonds. The van der Waals surface area contributed by atoms with Gasteiger partial charge in [0.2, 0.25) is 5.75 Å². The summed E-state index contributed by atoms with van der Waals surface area (Å²) in [6.07, 6.45) is -0.426. The number of hydrogen-bond acceptors (Lipinski definition) is 5. The molecule has 0 radical (unpaired) electrons. The van der Waals surface area contributed by atoms with Crippen molar-refractivity contribution in [2.45, 2.75) is 6.17 Å².